The van der Waals surface area contributed by atoms with Crippen molar-refractivity contribution in [2.24, 2.45) is 0 Å². The predicted octanol–water partition coefficient (Wildman–Crippen LogP) is 3.66. The molecule has 0 aliphatic rings. The molecule has 0 radical (unpaired) electrons. The van der Waals surface area contributed by atoms with E-state index in [2.05, 4.69) is 29.7 Å². The first-order valence-corrected chi connectivity index (χ1v) is 8.24. The first-order valence-electron chi connectivity index (χ1n) is 7.86. The van der Waals surface area contributed by atoms with Crippen LogP contribution in [-0.2, 0) is 11.2 Å². The van der Waals surface area contributed by atoms with Crippen molar-refractivity contribution in [2.75, 3.05) is 13.1 Å². The zero-order chi connectivity index (χ0) is 16.7. The molecule has 1 amide bonds. The largest absolute Gasteiger partial charge is 0.355 e. The normalized spacial score (nSPS) is 12.0. The summed E-state index contributed by atoms with van der Waals surface area (Å²) in [7, 11) is 0. The highest BCUT2D eigenvalue weighted by Crippen LogP contribution is 2.15. The van der Waals surface area contributed by atoms with Gasteiger partial charge in [-0.2, -0.15) is 0 Å². The average molecular weight is 331 g/mol. The van der Waals surface area contributed by atoms with Crippen LogP contribution in [0.3, 0.4) is 0 Å². The highest BCUT2D eigenvalue weighted by Gasteiger charge is 2.07. The van der Waals surface area contributed by atoms with Crippen molar-refractivity contribution in [3.05, 3.63) is 70.2 Å². The van der Waals surface area contributed by atoms with Gasteiger partial charge in [-0.05, 0) is 49.1 Å². The Labute approximate surface area is 143 Å². The SMILES string of the molecule is Cc1ccccc1CCNC(=O)CN[C@H](C)c1ccc(Cl)cc1. The summed E-state index contributed by atoms with van der Waals surface area (Å²) in [5.74, 6) is 0.0133. The van der Waals surface area contributed by atoms with Gasteiger partial charge in [0.2, 0.25) is 5.91 Å². The molecular weight excluding hydrogens is 308 g/mol. The first kappa shape index (κ1) is 17.5. The topological polar surface area (TPSA) is 41.1 Å². The molecule has 2 aromatic carbocycles. The molecule has 3 nitrogen and oxygen atoms in total. The minimum absolute atomic E-state index is 0.0133. The molecule has 4 heteroatoms. The summed E-state index contributed by atoms with van der Waals surface area (Å²) in [6, 6.07) is 16.0. The second-order valence-corrected chi connectivity index (χ2v) is 6.12. The number of aryl methyl sites for hydroxylation is 1. The molecule has 0 aromatic heterocycles. The molecule has 0 bridgehead atoms. The smallest absolute Gasteiger partial charge is 0.233 e. The van der Waals surface area contributed by atoms with Gasteiger partial charge in [0, 0.05) is 17.6 Å². The number of hydrogen-bond donors (Lipinski definition) is 2. The lowest BCUT2D eigenvalue weighted by molar-refractivity contribution is -0.120. The lowest BCUT2D eigenvalue weighted by Gasteiger charge is -2.14. The van der Waals surface area contributed by atoms with Gasteiger partial charge in [-0.15, -0.1) is 0 Å². The summed E-state index contributed by atoms with van der Waals surface area (Å²) in [6.45, 7) is 5.08. The fourth-order valence-electron chi connectivity index (χ4n) is 2.40. The molecule has 122 valence electrons. The summed E-state index contributed by atoms with van der Waals surface area (Å²) >= 11 is 5.88. The van der Waals surface area contributed by atoms with Gasteiger partial charge in [0.05, 0.1) is 6.54 Å². The Morgan fingerprint density at radius 2 is 1.83 bits per heavy atom. The molecule has 2 aromatic rings. The molecule has 0 aliphatic carbocycles. The van der Waals surface area contributed by atoms with Gasteiger partial charge in [-0.3, -0.25) is 4.79 Å². The lowest BCUT2D eigenvalue weighted by atomic mass is 10.1. The monoisotopic (exact) mass is 330 g/mol. The molecule has 0 unspecified atom stereocenters. The van der Waals surface area contributed by atoms with Crippen LogP contribution in [-0.4, -0.2) is 19.0 Å². The highest BCUT2D eigenvalue weighted by atomic mass is 35.5. The van der Waals surface area contributed by atoms with E-state index in [1.165, 1.54) is 11.1 Å². The molecule has 2 N–H and O–H groups in total. The van der Waals surface area contributed by atoms with Gasteiger partial charge in [0.1, 0.15) is 0 Å². The summed E-state index contributed by atoms with van der Waals surface area (Å²) in [4.78, 5) is 11.9. The van der Waals surface area contributed by atoms with Gasteiger partial charge in [0.15, 0.2) is 0 Å². The predicted molar refractivity (Wildman–Crippen MR) is 95.8 cm³/mol. The van der Waals surface area contributed by atoms with Crippen LogP contribution < -0.4 is 10.6 Å². The number of nitrogens with one attached hydrogen (secondary N) is 2. The number of rotatable bonds is 7. The summed E-state index contributed by atoms with van der Waals surface area (Å²) in [5, 5.41) is 6.89. The Hall–Kier alpha value is -1.84. The standard InChI is InChI=1S/C19H23ClN2O/c1-14-5-3-4-6-16(14)11-12-21-19(23)13-22-15(2)17-7-9-18(20)10-8-17/h3-10,15,22H,11-13H2,1-2H3,(H,21,23)/t15-/m1/s1. The molecule has 0 aliphatic heterocycles. The number of benzene rings is 2. The zero-order valence-corrected chi connectivity index (χ0v) is 14.4. The van der Waals surface area contributed by atoms with Crippen molar-refractivity contribution in [3.8, 4) is 0 Å². The number of halogens is 1. The van der Waals surface area contributed by atoms with Crippen LogP contribution in [0.1, 0.15) is 29.7 Å². The van der Waals surface area contributed by atoms with Crippen LogP contribution in [0.25, 0.3) is 0 Å². The van der Waals surface area contributed by atoms with E-state index < -0.39 is 0 Å². The van der Waals surface area contributed by atoms with Gasteiger partial charge in [-0.25, -0.2) is 0 Å². The second kappa shape index (κ2) is 8.70. The quantitative estimate of drug-likeness (QED) is 0.813. The number of hydrogen-bond acceptors (Lipinski definition) is 2. The van der Waals surface area contributed by atoms with Crippen molar-refractivity contribution >= 4 is 17.5 Å². The summed E-state index contributed by atoms with van der Waals surface area (Å²) < 4.78 is 0. The van der Waals surface area contributed by atoms with Crippen LogP contribution in [0.15, 0.2) is 48.5 Å². The summed E-state index contributed by atoms with van der Waals surface area (Å²) in [6.07, 6.45) is 0.852. The van der Waals surface area contributed by atoms with Crippen molar-refractivity contribution in [1.82, 2.24) is 10.6 Å². The molecule has 0 saturated carbocycles. The Kier molecular flexibility index (Phi) is 6.63. The van der Waals surface area contributed by atoms with Crippen LogP contribution >= 0.6 is 11.6 Å². The molecule has 0 heterocycles. The minimum atomic E-state index is 0.0133. The Bertz CT molecular complexity index is 640. The van der Waals surface area contributed by atoms with Crippen molar-refractivity contribution in [2.45, 2.75) is 26.3 Å². The number of carbonyl (C=O) groups is 1. The van der Waals surface area contributed by atoms with Crippen LogP contribution in [0.2, 0.25) is 5.02 Å². The fraction of sp³-hybridized carbons (Fsp3) is 0.316. The minimum Gasteiger partial charge on any atom is -0.355 e. The maximum absolute atomic E-state index is 11.9. The third-order valence-electron chi connectivity index (χ3n) is 3.92. The van der Waals surface area contributed by atoms with Crippen molar-refractivity contribution in [3.63, 3.8) is 0 Å². The van der Waals surface area contributed by atoms with E-state index in [1.54, 1.807) is 0 Å². The summed E-state index contributed by atoms with van der Waals surface area (Å²) in [5.41, 5.74) is 3.65. The van der Waals surface area contributed by atoms with E-state index in [0.29, 0.717) is 13.1 Å². The Morgan fingerprint density at radius 3 is 2.52 bits per heavy atom. The molecule has 0 spiro atoms. The molecule has 0 fully saturated rings. The van der Waals surface area contributed by atoms with Crippen LogP contribution in [0, 0.1) is 6.92 Å². The Morgan fingerprint density at radius 1 is 1.13 bits per heavy atom. The lowest BCUT2D eigenvalue weighted by Crippen LogP contribution is -2.36. The maximum Gasteiger partial charge on any atom is 0.233 e. The van der Waals surface area contributed by atoms with E-state index in [1.807, 2.05) is 43.3 Å². The molecule has 0 saturated heterocycles. The van der Waals surface area contributed by atoms with Gasteiger partial charge < -0.3 is 10.6 Å². The van der Waals surface area contributed by atoms with Gasteiger partial charge >= 0.3 is 0 Å². The number of amides is 1. The first-order chi connectivity index (χ1) is 11.1. The zero-order valence-electron chi connectivity index (χ0n) is 13.6. The fourth-order valence-corrected chi connectivity index (χ4v) is 2.53. The van der Waals surface area contributed by atoms with E-state index in [4.69, 9.17) is 11.6 Å². The van der Waals surface area contributed by atoms with E-state index >= 15 is 0 Å². The third kappa shape index (κ3) is 5.70. The third-order valence-corrected chi connectivity index (χ3v) is 4.17. The van der Waals surface area contributed by atoms with Gasteiger partial charge in [-0.1, -0.05) is 48.0 Å². The molecule has 2 rings (SSSR count). The van der Waals surface area contributed by atoms with Crippen molar-refractivity contribution < 1.29 is 4.79 Å². The maximum atomic E-state index is 11.9. The second-order valence-electron chi connectivity index (χ2n) is 5.68. The van der Waals surface area contributed by atoms with Crippen LogP contribution in [0.5, 0.6) is 0 Å². The number of carbonyl (C=O) groups excluding carboxylic acids is 1. The molecule has 1 atom stereocenters. The van der Waals surface area contributed by atoms with Gasteiger partial charge in [0.25, 0.3) is 0 Å². The van der Waals surface area contributed by atoms with E-state index in [-0.39, 0.29) is 11.9 Å². The Balaban J connectivity index is 1.71. The van der Waals surface area contributed by atoms with E-state index in [9.17, 15) is 4.79 Å². The average Bonchev–Trinajstić information content (AvgIpc) is 2.55. The van der Waals surface area contributed by atoms with E-state index in [0.717, 1.165) is 17.0 Å². The molecular formula is C19H23ClN2O. The van der Waals surface area contributed by atoms with Crippen LogP contribution in [0.4, 0.5) is 0 Å². The highest BCUT2D eigenvalue weighted by molar-refractivity contribution is 6.30. The molecule has 23 heavy (non-hydrogen) atoms. The van der Waals surface area contributed by atoms with Crippen molar-refractivity contribution in [1.29, 1.82) is 0 Å².